The Morgan fingerprint density at radius 3 is 1.40 bits per heavy atom. The first-order valence-corrected chi connectivity index (χ1v) is 28.6. The van der Waals surface area contributed by atoms with E-state index < -0.39 is 26.6 Å². The zero-order valence-electron chi connectivity index (χ0n) is 43.2. The number of allylic oxidation sites excluding steroid dienone is 9. The number of phosphoric acid groups is 1. The van der Waals surface area contributed by atoms with E-state index in [4.69, 9.17) is 9.05 Å². The molecule has 3 unspecified atom stereocenters. The molecule has 0 aromatic carbocycles. The van der Waals surface area contributed by atoms with E-state index in [-0.39, 0.29) is 12.5 Å². The van der Waals surface area contributed by atoms with Gasteiger partial charge in [-0.1, -0.05) is 229 Å². The maximum absolute atomic E-state index is 12.8. The first-order valence-electron chi connectivity index (χ1n) is 27.2. The van der Waals surface area contributed by atoms with Crippen molar-refractivity contribution in [3.63, 3.8) is 0 Å². The van der Waals surface area contributed by atoms with Crippen LogP contribution >= 0.6 is 7.82 Å². The van der Waals surface area contributed by atoms with Crippen molar-refractivity contribution in [1.82, 2.24) is 5.32 Å². The maximum Gasteiger partial charge on any atom is 0.268 e. The first-order chi connectivity index (χ1) is 31.5. The van der Waals surface area contributed by atoms with Crippen LogP contribution in [0.3, 0.4) is 0 Å². The molecule has 0 spiro atoms. The minimum Gasteiger partial charge on any atom is -0.756 e. The van der Waals surface area contributed by atoms with Gasteiger partial charge in [-0.25, -0.2) is 0 Å². The second-order valence-corrected chi connectivity index (χ2v) is 21.0. The number of aliphatic hydroxyl groups is 1. The van der Waals surface area contributed by atoms with Crippen LogP contribution in [0, 0.1) is 0 Å². The number of aliphatic hydroxyl groups excluding tert-OH is 1. The van der Waals surface area contributed by atoms with Gasteiger partial charge in [0.1, 0.15) is 13.2 Å². The molecule has 0 rings (SSSR count). The average molecular weight is 933 g/mol. The fraction of sp³-hybridized carbons (Fsp3) is 0.804. The average Bonchev–Trinajstić information content (AvgIpc) is 3.26. The molecule has 1 amide bonds. The summed E-state index contributed by atoms with van der Waals surface area (Å²) in [7, 11) is 1.24. The molecule has 3 atom stereocenters. The summed E-state index contributed by atoms with van der Waals surface area (Å²) in [6, 6.07) is -0.901. The monoisotopic (exact) mass is 933 g/mol. The molecular weight excluding hydrogens is 828 g/mol. The number of rotatable bonds is 49. The van der Waals surface area contributed by atoms with E-state index >= 15 is 0 Å². The van der Waals surface area contributed by atoms with E-state index in [0.717, 1.165) is 51.4 Å². The number of hydrogen-bond acceptors (Lipinski definition) is 6. The van der Waals surface area contributed by atoms with Gasteiger partial charge in [-0.05, 0) is 64.2 Å². The van der Waals surface area contributed by atoms with Crippen LogP contribution in [0.5, 0.6) is 0 Å². The molecule has 0 bridgehead atoms. The molecular formula is C56H105N2O6P. The van der Waals surface area contributed by atoms with Crippen LogP contribution in [0.15, 0.2) is 60.8 Å². The lowest BCUT2D eigenvalue weighted by molar-refractivity contribution is -0.870. The highest BCUT2D eigenvalue weighted by Crippen LogP contribution is 2.38. The number of hydrogen-bond donors (Lipinski definition) is 2. The van der Waals surface area contributed by atoms with Crippen LogP contribution in [0.4, 0.5) is 0 Å². The van der Waals surface area contributed by atoms with Crippen LogP contribution in [0.1, 0.15) is 239 Å². The van der Waals surface area contributed by atoms with E-state index in [0.29, 0.717) is 17.4 Å². The minimum atomic E-state index is -4.59. The highest BCUT2D eigenvalue weighted by molar-refractivity contribution is 7.45. The van der Waals surface area contributed by atoms with Gasteiger partial charge in [0, 0.05) is 6.42 Å². The number of nitrogens with zero attached hydrogens (tertiary/aromatic N) is 1. The topological polar surface area (TPSA) is 108 Å². The summed E-state index contributed by atoms with van der Waals surface area (Å²) in [5.41, 5.74) is 0. The van der Waals surface area contributed by atoms with Crippen molar-refractivity contribution in [2.24, 2.45) is 0 Å². The summed E-state index contributed by atoms with van der Waals surface area (Å²) in [5, 5.41) is 13.7. The van der Waals surface area contributed by atoms with Crippen LogP contribution in [-0.4, -0.2) is 68.5 Å². The van der Waals surface area contributed by atoms with Gasteiger partial charge in [-0.2, -0.15) is 0 Å². The van der Waals surface area contributed by atoms with E-state index in [1.807, 2.05) is 27.2 Å². The van der Waals surface area contributed by atoms with Gasteiger partial charge in [-0.15, -0.1) is 0 Å². The third-order valence-corrected chi connectivity index (χ3v) is 12.9. The molecule has 0 aliphatic heterocycles. The maximum atomic E-state index is 12.8. The fourth-order valence-corrected chi connectivity index (χ4v) is 8.36. The number of phosphoric ester groups is 1. The Kier molecular flexibility index (Phi) is 46.0. The molecule has 0 aromatic heterocycles. The van der Waals surface area contributed by atoms with Gasteiger partial charge in [0.05, 0.1) is 39.9 Å². The molecule has 0 saturated carbocycles. The van der Waals surface area contributed by atoms with Crippen LogP contribution in [0.2, 0.25) is 0 Å². The second-order valence-electron chi connectivity index (χ2n) is 19.6. The number of quaternary nitrogens is 1. The Morgan fingerprint density at radius 2 is 0.923 bits per heavy atom. The van der Waals surface area contributed by atoms with Gasteiger partial charge in [0.2, 0.25) is 5.91 Å². The SMILES string of the molecule is CCCC/C=C/CC/C=C/C(O)C(COP(=O)([O-])OCC[N+](C)(C)C)NC(=O)CCCCCCCCCCCCCCCCCCCCCC/C=C\C/C=C\C/C=C\CCCCCCC. The number of likely N-dealkylation sites (N-methyl/N-ethyl adjacent to an activating group) is 1. The Morgan fingerprint density at radius 1 is 0.538 bits per heavy atom. The Balaban J connectivity index is 3.88. The number of carbonyl (C=O) groups is 1. The molecule has 0 heterocycles. The zero-order chi connectivity index (χ0) is 47.8. The zero-order valence-corrected chi connectivity index (χ0v) is 44.1. The standard InChI is InChI=1S/C56H105N2O6P/c1-6-8-10-12-14-16-17-18-19-20-21-22-23-24-25-26-27-28-29-30-31-32-33-34-35-36-37-38-39-40-41-42-44-46-48-50-56(60)57-54(53-64-65(61,62)63-52-51-58(3,4)5)55(59)49-47-45-43-15-13-11-9-7-2/h13,15,17-18,20-21,23-24,47,49,54-55,59H,6-12,14,16,19,22,25-46,48,50-53H2,1-5H3,(H-,57,60,61,62)/b15-13+,18-17-,21-20-,24-23-,49-47+. The predicted molar refractivity (Wildman–Crippen MR) is 279 cm³/mol. The van der Waals surface area contributed by atoms with Crippen molar-refractivity contribution in [3.05, 3.63) is 60.8 Å². The highest BCUT2D eigenvalue weighted by atomic mass is 31.2. The largest absolute Gasteiger partial charge is 0.756 e. The molecule has 380 valence electrons. The smallest absolute Gasteiger partial charge is 0.268 e. The summed E-state index contributed by atoms with van der Waals surface area (Å²) < 4.78 is 23.1. The van der Waals surface area contributed by atoms with E-state index in [1.54, 1.807) is 6.08 Å². The van der Waals surface area contributed by atoms with E-state index in [2.05, 4.69) is 67.8 Å². The highest BCUT2D eigenvalue weighted by Gasteiger charge is 2.23. The van der Waals surface area contributed by atoms with Crippen molar-refractivity contribution in [3.8, 4) is 0 Å². The normalized spacial score (nSPS) is 14.5. The summed E-state index contributed by atoms with van der Waals surface area (Å²) in [6.45, 7) is 4.54. The second kappa shape index (κ2) is 47.3. The molecule has 0 aromatic rings. The quantitative estimate of drug-likeness (QED) is 0.0272. The molecule has 0 saturated heterocycles. The van der Waals surface area contributed by atoms with Gasteiger partial charge in [0.25, 0.3) is 7.82 Å². The number of nitrogens with one attached hydrogen (secondary N) is 1. The van der Waals surface area contributed by atoms with Gasteiger partial charge in [-0.3, -0.25) is 9.36 Å². The van der Waals surface area contributed by atoms with Crippen molar-refractivity contribution >= 4 is 13.7 Å². The van der Waals surface area contributed by atoms with Gasteiger partial charge in [0.15, 0.2) is 0 Å². The lowest BCUT2D eigenvalue weighted by Gasteiger charge is -2.29. The fourth-order valence-electron chi connectivity index (χ4n) is 7.63. The summed E-state index contributed by atoms with van der Waals surface area (Å²) >= 11 is 0. The summed E-state index contributed by atoms with van der Waals surface area (Å²) in [6.07, 6.45) is 63.4. The predicted octanol–water partition coefficient (Wildman–Crippen LogP) is 15.5. The molecule has 0 aliphatic carbocycles. The number of carbonyl (C=O) groups excluding carboxylic acids is 1. The third kappa shape index (κ3) is 49.9. The third-order valence-electron chi connectivity index (χ3n) is 11.9. The molecule has 9 heteroatoms. The minimum absolute atomic E-state index is 0.00724. The molecule has 0 aliphatic rings. The van der Waals surface area contributed by atoms with Crippen LogP contribution in [0.25, 0.3) is 0 Å². The summed E-state index contributed by atoms with van der Waals surface area (Å²) in [4.78, 5) is 25.3. The lowest BCUT2D eigenvalue weighted by Crippen LogP contribution is -2.45. The van der Waals surface area contributed by atoms with Crippen molar-refractivity contribution < 1.29 is 32.9 Å². The number of unbranched alkanes of at least 4 members (excludes halogenated alkanes) is 28. The van der Waals surface area contributed by atoms with Crippen LogP contribution in [-0.2, 0) is 18.4 Å². The molecule has 2 N–H and O–H groups in total. The Hall–Kier alpha value is -1.80. The Labute approximate surface area is 402 Å². The molecule has 65 heavy (non-hydrogen) atoms. The lowest BCUT2D eigenvalue weighted by atomic mass is 10.0. The van der Waals surface area contributed by atoms with Crippen molar-refractivity contribution in [1.29, 1.82) is 0 Å². The first kappa shape index (κ1) is 63.2. The molecule has 8 nitrogen and oxygen atoms in total. The summed E-state index contributed by atoms with van der Waals surface area (Å²) in [5.74, 6) is -0.210. The van der Waals surface area contributed by atoms with E-state index in [1.165, 1.54) is 167 Å². The number of amides is 1. The van der Waals surface area contributed by atoms with Crippen LogP contribution < -0.4 is 10.2 Å². The van der Waals surface area contributed by atoms with E-state index in [9.17, 15) is 19.4 Å². The molecule has 0 radical (unpaired) electrons. The Bertz CT molecular complexity index is 1240. The van der Waals surface area contributed by atoms with Gasteiger partial charge >= 0.3 is 0 Å². The molecule has 0 fully saturated rings. The van der Waals surface area contributed by atoms with Crippen molar-refractivity contribution in [2.75, 3.05) is 40.9 Å². The van der Waals surface area contributed by atoms with Crippen molar-refractivity contribution in [2.45, 2.75) is 251 Å². The van der Waals surface area contributed by atoms with Gasteiger partial charge < -0.3 is 28.8 Å².